The molecule has 0 saturated heterocycles. The van der Waals surface area contributed by atoms with Crippen molar-refractivity contribution in [1.29, 1.82) is 5.26 Å². The van der Waals surface area contributed by atoms with Crippen molar-refractivity contribution in [2.45, 2.75) is 32.0 Å². The molecule has 2 atom stereocenters. The number of benzene rings is 1. The Labute approximate surface area is 118 Å². The van der Waals surface area contributed by atoms with Crippen LogP contribution >= 0.6 is 0 Å². The maximum Gasteiger partial charge on any atom is 0.132 e. The minimum Gasteiger partial charge on any atom is -0.467 e. The molecule has 2 N–H and O–H groups in total. The standard InChI is InChI=1S/C16H18N2O2/c1-12(8-15(19)16-6-3-7-20-16)18-11-14-5-2-4-13(9-14)10-17/h2-7,9,12,15,18-19H,8,11H2,1H3. The van der Waals surface area contributed by atoms with Crippen LogP contribution in [0.3, 0.4) is 0 Å². The lowest BCUT2D eigenvalue weighted by Crippen LogP contribution is -2.27. The summed E-state index contributed by atoms with van der Waals surface area (Å²) in [6.07, 6.45) is 1.54. The molecule has 0 amide bonds. The molecule has 0 spiro atoms. The molecular formula is C16H18N2O2. The number of nitrogens with zero attached hydrogens (tertiary/aromatic N) is 1. The normalized spacial score (nSPS) is 13.7. The first-order valence-corrected chi connectivity index (χ1v) is 6.63. The summed E-state index contributed by atoms with van der Waals surface area (Å²) in [6.45, 7) is 2.68. The lowest BCUT2D eigenvalue weighted by atomic mass is 10.1. The Kier molecular flexibility index (Phi) is 4.94. The molecule has 0 bridgehead atoms. The van der Waals surface area contributed by atoms with Crippen molar-refractivity contribution in [1.82, 2.24) is 5.32 Å². The summed E-state index contributed by atoms with van der Waals surface area (Å²) in [6, 6.07) is 13.3. The topological polar surface area (TPSA) is 69.2 Å². The second-order valence-electron chi connectivity index (χ2n) is 4.86. The first kappa shape index (κ1) is 14.3. The molecule has 0 fully saturated rings. The number of hydrogen-bond acceptors (Lipinski definition) is 4. The van der Waals surface area contributed by atoms with Crippen LogP contribution in [0.1, 0.15) is 36.3 Å². The van der Waals surface area contributed by atoms with E-state index in [1.807, 2.05) is 25.1 Å². The summed E-state index contributed by atoms with van der Waals surface area (Å²) < 4.78 is 5.18. The van der Waals surface area contributed by atoms with Crippen molar-refractivity contribution in [3.8, 4) is 6.07 Å². The molecule has 1 aromatic carbocycles. The van der Waals surface area contributed by atoms with Gasteiger partial charge in [-0.3, -0.25) is 0 Å². The van der Waals surface area contributed by atoms with E-state index in [9.17, 15) is 5.11 Å². The molecule has 0 saturated carbocycles. The van der Waals surface area contributed by atoms with Gasteiger partial charge in [-0.05, 0) is 43.2 Å². The van der Waals surface area contributed by atoms with Crippen LogP contribution < -0.4 is 5.32 Å². The zero-order valence-electron chi connectivity index (χ0n) is 11.4. The first-order valence-electron chi connectivity index (χ1n) is 6.63. The Bertz CT molecular complexity index is 572. The average molecular weight is 270 g/mol. The van der Waals surface area contributed by atoms with Crippen LogP contribution in [0.5, 0.6) is 0 Å². The summed E-state index contributed by atoms with van der Waals surface area (Å²) in [7, 11) is 0. The molecule has 1 aromatic heterocycles. The van der Waals surface area contributed by atoms with E-state index < -0.39 is 6.10 Å². The van der Waals surface area contributed by atoms with Gasteiger partial charge in [0, 0.05) is 12.6 Å². The molecule has 0 radical (unpaired) electrons. The van der Waals surface area contributed by atoms with Crippen molar-refractivity contribution >= 4 is 0 Å². The van der Waals surface area contributed by atoms with Gasteiger partial charge in [0.1, 0.15) is 11.9 Å². The van der Waals surface area contributed by atoms with Gasteiger partial charge in [0.15, 0.2) is 0 Å². The Balaban J connectivity index is 1.83. The van der Waals surface area contributed by atoms with Gasteiger partial charge in [-0.25, -0.2) is 0 Å². The van der Waals surface area contributed by atoms with E-state index in [1.54, 1.807) is 24.5 Å². The molecule has 0 aliphatic rings. The third-order valence-electron chi connectivity index (χ3n) is 3.16. The molecule has 2 unspecified atom stereocenters. The maximum absolute atomic E-state index is 9.98. The molecule has 2 rings (SSSR count). The zero-order chi connectivity index (χ0) is 14.4. The SMILES string of the molecule is CC(CC(O)c1ccco1)NCc1cccc(C#N)c1. The van der Waals surface area contributed by atoms with Crippen LogP contribution in [-0.4, -0.2) is 11.1 Å². The molecule has 2 aromatic rings. The average Bonchev–Trinajstić information content (AvgIpc) is 2.99. The van der Waals surface area contributed by atoms with Gasteiger partial charge < -0.3 is 14.8 Å². The Hall–Kier alpha value is -2.09. The fraction of sp³-hybridized carbons (Fsp3) is 0.312. The van der Waals surface area contributed by atoms with Crippen molar-refractivity contribution in [3.05, 3.63) is 59.5 Å². The van der Waals surface area contributed by atoms with Crippen molar-refractivity contribution in [3.63, 3.8) is 0 Å². The van der Waals surface area contributed by atoms with Gasteiger partial charge in [0.2, 0.25) is 0 Å². The summed E-state index contributed by atoms with van der Waals surface area (Å²) in [5, 5.41) is 22.2. The summed E-state index contributed by atoms with van der Waals surface area (Å²) >= 11 is 0. The van der Waals surface area contributed by atoms with Crippen LogP contribution in [0.2, 0.25) is 0 Å². The number of furan rings is 1. The summed E-state index contributed by atoms with van der Waals surface area (Å²) in [4.78, 5) is 0. The molecule has 1 heterocycles. The highest BCUT2D eigenvalue weighted by Crippen LogP contribution is 2.18. The lowest BCUT2D eigenvalue weighted by molar-refractivity contribution is 0.128. The summed E-state index contributed by atoms with van der Waals surface area (Å²) in [5.41, 5.74) is 1.72. The van der Waals surface area contributed by atoms with E-state index in [0.717, 1.165) is 5.56 Å². The smallest absolute Gasteiger partial charge is 0.132 e. The number of hydrogen-bond donors (Lipinski definition) is 2. The van der Waals surface area contributed by atoms with Crippen molar-refractivity contribution in [2.75, 3.05) is 0 Å². The van der Waals surface area contributed by atoms with Crippen LogP contribution in [0.15, 0.2) is 47.1 Å². The largest absolute Gasteiger partial charge is 0.467 e. The van der Waals surface area contributed by atoms with Crippen LogP contribution in [0.4, 0.5) is 0 Å². The van der Waals surface area contributed by atoms with Crippen LogP contribution in [-0.2, 0) is 6.54 Å². The van der Waals surface area contributed by atoms with E-state index in [4.69, 9.17) is 9.68 Å². The lowest BCUT2D eigenvalue weighted by Gasteiger charge is -2.16. The second-order valence-corrected chi connectivity index (χ2v) is 4.86. The molecule has 20 heavy (non-hydrogen) atoms. The van der Waals surface area contributed by atoms with E-state index >= 15 is 0 Å². The number of aliphatic hydroxyl groups excluding tert-OH is 1. The predicted molar refractivity (Wildman–Crippen MR) is 75.7 cm³/mol. The number of nitrogens with one attached hydrogen (secondary N) is 1. The molecule has 4 nitrogen and oxygen atoms in total. The predicted octanol–water partition coefficient (Wildman–Crippen LogP) is 2.75. The van der Waals surface area contributed by atoms with Crippen molar-refractivity contribution in [2.24, 2.45) is 0 Å². The highest BCUT2D eigenvalue weighted by Gasteiger charge is 2.14. The van der Waals surface area contributed by atoms with E-state index in [-0.39, 0.29) is 6.04 Å². The minimum absolute atomic E-state index is 0.140. The Morgan fingerprint density at radius 3 is 2.90 bits per heavy atom. The van der Waals surface area contributed by atoms with Gasteiger partial charge in [-0.2, -0.15) is 5.26 Å². The second kappa shape index (κ2) is 6.90. The van der Waals surface area contributed by atoms with Gasteiger partial charge in [0.05, 0.1) is 17.9 Å². The maximum atomic E-state index is 9.98. The molecule has 104 valence electrons. The van der Waals surface area contributed by atoms with E-state index in [1.165, 1.54) is 0 Å². The summed E-state index contributed by atoms with van der Waals surface area (Å²) in [5.74, 6) is 0.588. The molecule has 0 aliphatic heterocycles. The van der Waals surface area contributed by atoms with E-state index in [0.29, 0.717) is 24.3 Å². The fourth-order valence-electron chi connectivity index (χ4n) is 2.06. The third kappa shape index (κ3) is 3.95. The Morgan fingerprint density at radius 1 is 1.35 bits per heavy atom. The highest BCUT2D eigenvalue weighted by atomic mass is 16.4. The van der Waals surface area contributed by atoms with Gasteiger partial charge >= 0.3 is 0 Å². The highest BCUT2D eigenvalue weighted by molar-refractivity contribution is 5.32. The van der Waals surface area contributed by atoms with Gasteiger partial charge in [0.25, 0.3) is 0 Å². The zero-order valence-corrected chi connectivity index (χ0v) is 11.4. The number of rotatable bonds is 6. The number of aliphatic hydroxyl groups is 1. The quantitative estimate of drug-likeness (QED) is 0.846. The van der Waals surface area contributed by atoms with Gasteiger partial charge in [-0.1, -0.05) is 12.1 Å². The molecular weight excluding hydrogens is 252 g/mol. The monoisotopic (exact) mass is 270 g/mol. The minimum atomic E-state index is -0.599. The number of nitriles is 1. The van der Waals surface area contributed by atoms with Crippen LogP contribution in [0, 0.1) is 11.3 Å². The molecule has 4 heteroatoms. The molecule has 0 aliphatic carbocycles. The van der Waals surface area contributed by atoms with E-state index in [2.05, 4.69) is 11.4 Å². The third-order valence-corrected chi connectivity index (χ3v) is 3.16. The van der Waals surface area contributed by atoms with Crippen molar-refractivity contribution < 1.29 is 9.52 Å². The first-order chi connectivity index (χ1) is 9.69. The van der Waals surface area contributed by atoms with Gasteiger partial charge in [-0.15, -0.1) is 0 Å². The Morgan fingerprint density at radius 2 is 2.20 bits per heavy atom. The van der Waals surface area contributed by atoms with Crippen LogP contribution in [0.25, 0.3) is 0 Å². The fourth-order valence-corrected chi connectivity index (χ4v) is 2.06.